The number of hydrogen-bond donors (Lipinski definition) is 1. The second-order valence-electron chi connectivity index (χ2n) is 8.08. The molecule has 2 aliphatic rings. The lowest BCUT2D eigenvalue weighted by Crippen LogP contribution is -2.39. The molecule has 1 unspecified atom stereocenters. The molecule has 26 heavy (non-hydrogen) atoms. The van der Waals surface area contributed by atoms with Gasteiger partial charge in [-0.15, -0.1) is 0 Å². The molecule has 0 bridgehead atoms. The van der Waals surface area contributed by atoms with E-state index in [0.29, 0.717) is 6.04 Å². The minimum Gasteiger partial charge on any atom is -0.313 e. The molecule has 1 N–H and O–H groups in total. The van der Waals surface area contributed by atoms with Crippen LogP contribution in [-0.2, 0) is 19.4 Å². The zero-order valence-electron chi connectivity index (χ0n) is 15.9. The summed E-state index contributed by atoms with van der Waals surface area (Å²) < 4.78 is 0. The highest BCUT2D eigenvalue weighted by atomic mass is 15.2. The Kier molecular flexibility index (Phi) is 6.03. The van der Waals surface area contributed by atoms with Gasteiger partial charge >= 0.3 is 0 Å². The first kappa shape index (κ1) is 17.8. The topological polar surface area (TPSA) is 15.3 Å². The van der Waals surface area contributed by atoms with Crippen LogP contribution in [-0.4, -0.2) is 30.1 Å². The van der Waals surface area contributed by atoms with Gasteiger partial charge in [0.25, 0.3) is 0 Å². The first-order valence-corrected chi connectivity index (χ1v) is 10.5. The van der Waals surface area contributed by atoms with Gasteiger partial charge in [-0.1, -0.05) is 61.0 Å². The fourth-order valence-electron chi connectivity index (χ4n) is 4.76. The van der Waals surface area contributed by atoms with Crippen molar-refractivity contribution in [3.8, 4) is 0 Å². The monoisotopic (exact) mass is 348 g/mol. The van der Waals surface area contributed by atoms with Gasteiger partial charge in [0, 0.05) is 18.6 Å². The summed E-state index contributed by atoms with van der Waals surface area (Å²) in [5, 5.41) is 3.81. The fraction of sp³-hybridized carbons (Fsp3) is 0.500. The van der Waals surface area contributed by atoms with Gasteiger partial charge in [0.05, 0.1) is 0 Å². The predicted molar refractivity (Wildman–Crippen MR) is 109 cm³/mol. The first-order chi connectivity index (χ1) is 12.9. The highest BCUT2D eigenvalue weighted by Gasteiger charge is 2.23. The average molecular weight is 349 g/mol. The van der Waals surface area contributed by atoms with Gasteiger partial charge in [-0.25, -0.2) is 0 Å². The molecule has 0 aromatic heterocycles. The van der Waals surface area contributed by atoms with E-state index in [4.69, 9.17) is 0 Å². The molecular weight excluding hydrogens is 316 g/mol. The minimum atomic E-state index is 0.652. The second kappa shape index (κ2) is 8.83. The molecule has 0 saturated carbocycles. The highest BCUT2D eigenvalue weighted by molar-refractivity contribution is 5.33. The Labute approximate surface area is 158 Å². The molecule has 1 heterocycles. The number of hydrogen-bond acceptors (Lipinski definition) is 2. The van der Waals surface area contributed by atoms with Crippen LogP contribution in [0.1, 0.15) is 48.8 Å². The van der Waals surface area contributed by atoms with E-state index in [1.54, 1.807) is 11.1 Å². The molecule has 1 saturated heterocycles. The van der Waals surface area contributed by atoms with E-state index in [1.807, 2.05) is 0 Å². The van der Waals surface area contributed by atoms with Crippen molar-refractivity contribution in [2.45, 2.75) is 63.6 Å². The van der Waals surface area contributed by atoms with Crippen molar-refractivity contribution >= 4 is 0 Å². The number of nitrogens with zero attached hydrogens (tertiary/aromatic N) is 1. The van der Waals surface area contributed by atoms with Crippen molar-refractivity contribution in [1.82, 2.24) is 10.2 Å². The van der Waals surface area contributed by atoms with Crippen LogP contribution < -0.4 is 5.32 Å². The Morgan fingerprint density at radius 2 is 1.62 bits per heavy atom. The minimum absolute atomic E-state index is 0.652. The molecule has 2 heteroatoms. The van der Waals surface area contributed by atoms with Crippen LogP contribution in [0.15, 0.2) is 54.6 Å². The van der Waals surface area contributed by atoms with Crippen molar-refractivity contribution in [2.24, 2.45) is 0 Å². The summed E-state index contributed by atoms with van der Waals surface area (Å²) in [7, 11) is 0. The summed E-state index contributed by atoms with van der Waals surface area (Å²) in [4.78, 5) is 2.73. The van der Waals surface area contributed by atoms with Crippen molar-refractivity contribution in [2.75, 3.05) is 13.1 Å². The van der Waals surface area contributed by atoms with Gasteiger partial charge in [0.2, 0.25) is 0 Å². The highest BCUT2D eigenvalue weighted by Crippen LogP contribution is 2.24. The molecule has 0 spiro atoms. The fourth-order valence-corrected chi connectivity index (χ4v) is 4.76. The van der Waals surface area contributed by atoms with Crippen molar-refractivity contribution < 1.29 is 0 Å². The summed E-state index contributed by atoms with van der Waals surface area (Å²) >= 11 is 0. The number of fused-ring (bicyclic) bond motifs is 1. The SMILES string of the molecule is c1ccc(CN2CCCCC2CCCNC2Cc3ccccc3C2)cc1. The molecule has 1 atom stereocenters. The average Bonchev–Trinajstić information content (AvgIpc) is 3.10. The van der Waals surface area contributed by atoms with Crippen LogP contribution in [0.25, 0.3) is 0 Å². The third-order valence-electron chi connectivity index (χ3n) is 6.18. The molecule has 0 amide bonds. The predicted octanol–water partition coefficient (Wildman–Crippen LogP) is 4.58. The normalized spacial score (nSPS) is 21.0. The lowest BCUT2D eigenvalue weighted by atomic mass is 9.97. The van der Waals surface area contributed by atoms with Crippen molar-refractivity contribution in [3.05, 3.63) is 71.3 Å². The molecule has 4 rings (SSSR count). The summed E-state index contributed by atoms with van der Waals surface area (Å²) in [5.41, 5.74) is 4.55. The summed E-state index contributed by atoms with van der Waals surface area (Å²) in [6.45, 7) is 3.55. The van der Waals surface area contributed by atoms with E-state index in [9.17, 15) is 0 Å². The van der Waals surface area contributed by atoms with Gasteiger partial charge in [-0.3, -0.25) is 4.90 Å². The molecule has 138 valence electrons. The third-order valence-corrected chi connectivity index (χ3v) is 6.18. The largest absolute Gasteiger partial charge is 0.313 e. The van der Waals surface area contributed by atoms with E-state index >= 15 is 0 Å². The lowest BCUT2D eigenvalue weighted by molar-refractivity contribution is 0.130. The van der Waals surface area contributed by atoms with Gasteiger partial charge in [-0.2, -0.15) is 0 Å². The Balaban J connectivity index is 1.21. The quantitative estimate of drug-likeness (QED) is 0.737. The van der Waals surface area contributed by atoms with Crippen LogP contribution in [0, 0.1) is 0 Å². The zero-order valence-corrected chi connectivity index (χ0v) is 15.9. The third kappa shape index (κ3) is 4.55. The van der Waals surface area contributed by atoms with E-state index < -0.39 is 0 Å². The van der Waals surface area contributed by atoms with Crippen molar-refractivity contribution in [1.29, 1.82) is 0 Å². The standard InChI is InChI=1S/C24H32N2/c1-2-9-20(10-3-1)19-26-16-7-6-13-24(26)14-8-15-25-23-17-21-11-4-5-12-22(21)18-23/h1-5,9-12,23-25H,6-8,13-19H2. The first-order valence-electron chi connectivity index (χ1n) is 10.5. The molecule has 1 aliphatic carbocycles. The summed E-state index contributed by atoms with van der Waals surface area (Å²) in [5.74, 6) is 0. The van der Waals surface area contributed by atoms with Crippen LogP contribution in [0.3, 0.4) is 0 Å². The second-order valence-corrected chi connectivity index (χ2v) is 8.08. The van der Waals surface area contributed by atoms with Crippen LogP contribution in [0.5, 0.6) is 0 Å². The number of likely N-dealkylation sites (tertiary alicyclic amines) is 1. The molecular formula is C24H32N2. The van der Waals surface area contributed by atoms with Crippen LogP contribution >= 0.6 is 0 Å². The van der Waals surface area contributed by atoms with Gasteiger partial charge in [0.1, 0.15) is 0 Å². The van der Waals surface area contributed by atoms with E-state index in [0.717, 1.165) is 19.1 Å². The van der Waals surface area contributed by atoms with Crippen LogP contribution in [0.2, 0.25) is 0 Å². The van der Waals surface area contributed by atoms with E-state index in [2.05, 4.69) is 64.8 Å². The zero-order chi connectivity index (χ0) is 17.6. The Hall–Kier alpha value is -1.64. The summed E-state index contributed by atoms with van der Waals surface area (Å²) in [6.07, 6.45) is 9.19. The van der Waals surface area contributed by atoms with Crippen LogP contribution in [0.4, 0.5) is 0 Å². The molecule has 2 aromatic carbocycles. The maximum atomic E-state index is 3.81. The van der Waals surface area contributed by atoms with Gasteiger partial charge < -0.3 is 5.32 Å². The lowest BCUT2D eigenvalue weighted by Gasteiger charge is -2.36. The maximum Gasteiger partial charge on any atom is 0.0236 e. The molecule has 2 nitrogen and oxygen atoms in total. The van der Waals surface area contributed by atoms with Gasteiger partial charge in [-0.05, 0) is 68.3 Å². The van der Waals surface area contributed by atoms with E-state index in [-0.39, 0.29) is 0 Å². The molecule has 0 radical (unpaired) electrons. The summed E-state index contributed by atoms with van der Waals surface area (Å²) in [6, 6.07) is 21.3. The molecule has 1 aliphatic heterocycles. The maximum absolute atomic E-state index is 3.81. The number of nitrogens with one attached hydrogen (secondary N) is 1. The Morgan fingerprint density at radius 1 is 0.885 bits per heavy atom. The number of rotatable bonds is 7. The smallest absolute Gasteiger partial charge is 0.0236 e. The molecule has 2 aromatic rings. The number of benzene rings is 2. The Morgan fingerprint density at radius 3 is 2.38 bits per heavy atom. The van der Waals surface area contributed by atoms with Crippen molar-refractivity contribution in [3.63, 3.8) is 0 Å². The number of piperidine rings is 1. The Bertz CT molecular complexity index is 657. The van der Waals surface area contributed by atoms with E-state index in [1.165, 1.54) is 57.1 Å². The van der Waals surface area contributed by atoms with Gasteiger partial charge in [0.15, 0.2) is 0 Å². The molecule has 1 fully saturated rings.